The molecule has 0 spiro atoms. The molecule has 6 rings (SSSR count). The quantitative estimate of drug-likeness (QED) is 0.258. The van der Waals surface area contributed by atoms with Gasteiger partial charge in [-0.2, -0.15) is 0 Å². The molecule has 43 heavy (non-hydrogen) atoms. The number of methoxy groups -OCH3 is 1. The van der Waals surface area contributed by atoms with Crippen LogP contribution in [0, 0.1) is 24.2 Å². The molecule has 3 aromatic carbocycles. The molecule has 3 unspecified atom stereocenters. The Morgan fingerprint density at radius 2 is 1.88 bits per heavy atom. The van der Waals surface area contributed by atoms with Crippen molar-refractivity contribution in [3.63, 3.8) is 0 Å². The predicted molar refractivity (Wildman–Crippen MR) is 162 cm³/mol. The summed E-state index contributed by atoms with van der Waals surface area (Å²) >= 11 is 0. The summed E-state index contributed by atoms with van der Waals surface area (Å²) in [6.07, 6.45) is 11.4. The molecule has 2 N–H and O–H groups in total. The molecule has 2 aliphatic carbocycles. The second-order valence-corrected chi connectivity index (χ2v) is 12.7. The lowest BCUT2D eigenvalue weighted by atomic mass is 9.98. The number of anilines is 1. The number of amides is 2. The fourth-order valence-corrected chi connectivity index (χ4v) is 7.42. The molecule has 9 nitrogen and oxygen atoms in total. The minimum Gasteiger partial charge on any atom is -0.496 e. The summed E-state index contributed by atoms with van der Waals surface area (Å²) in [7, 11) is -2.71. The molecule has 4 aromatic rings. The van der Waals surface area contributed by atoms with Crippen molar-refractivity contribution in [2.45, 2.75) is 43.2 Å². The standard InChI is InChI=1S/C33H31N3O6S/c1-3-22-6-4-5-7-31(22)43(39,40)35-32(37)25-10-11-26(29(18-25)41-2)20-36-15-14-23-12-13-27(19-28(23)36)34-33(38)42-30-17-21-8-9-24(30)16-21/h1,4-7,10-15,18-19,21,24,30H,8-9,16-17,20H2,2H3,(H,34,38)(H,35,37). The molecule has 2 fully saturated rings. The third kappa shape index (κ3) is 5.81. The summed E-state index contributed by atoms with van der Waals surface area (Å²) in [5.41, 5.74) is 2.56. The molecule has 2 bridgehead atoms. The maximum atomic E-state index is 12.9. The van der Waals surface area contributed by atoms with Crippen molar-refractivity contribution in [2.24, 2.45) is 11.8 Å². The number of sulfonamides is 1. The SMILES string of the molecule is C#Cc1ccccc1S(=O)(=O)NC(=O)c1ccc(Cn2ccc3ccc(NC(=O)OC4CC5CCC4C5)cc32)c(OC)c1. The lowest BCUT2D eigenvalue weighted by Gasteiger charge is -2.22. The summed E-state index contributed by atoms with van der Waals surface area (Å²) in [5, 5.41) is 3.86. The van der Waals surface area contributed by atoms with E-state index in [0.29, 0.717) is 29.8 Å². The first-order valence-electron chi connectivity index (χ1n) is 14.1. The van der Waals surface area contributed by atoms with E-state index in [0.717, 1.165) is 35.7 Å². The fraction of sp³-hybridized carbons (Fsp3) is 0.273. The number of nitrogens with one attached hydrogen (secondary N) is 2. The number of aromatic nitrogens is 1. The van der Waals surface area contributed by atoms with Gasteiger partial charge in [-0.05, 0) is 85.4 Å². The van der Waals surface area contributed by atoms with E-state index in [9.17, 15) is 18.0 Å². The van der Waals surface area contributed by atoms with Crippen molar-refractivity contribution in [2.75, 3.05) is 12.4 Å². The van der Waals surface area contributed by atoms with Gasteiger partial charge in [0.2, 0.25) is 0 Å². The zero-order valence-electron chi connectivity index (χ0n) is 23.6. The predicted octanol–water partition coefficient (Wildman–Crippen LogP) is 5.54. The molecule has 2 amide bonds. The van der Waals surface area contributed by atoms with Crippen LogP contribution < -0.4 is 14.8 Å². The second kappa shape index (κ2) is 11.5. The van der Waals surface area contributed by atoms with E-state index in [-0.39, 0.29) is 22.1 Å². The van der Waals surface area contributed by atoms with Crippen molar-refractivity contribution >= 4 is 38.6 Å². The van der Waals surface area contributed by atoms with Gasteiger partial charge in [-0.3, -0.25) is 10.1 Å². The topological polar surface area (TPSA) is 116 Å². The lowest BCUT2D eigenvalue weighted by molar-refractivity contribution is 0.0755. The molecule has 0 radical (unpaired) electrons. The number of hydrogen-bond donors (Lipinski definition) is 2. The number of carbonyl (C=O) groups excluding carboxylic acids is 2. The molecule has 1 heterocycles. The average molecular weight is 598 g/mol. The number of rotatable bonds is 8. The smallest absolute Gasteiger partial charge is 0.411 e. The zero-order chi connectivity index (χ0) is 30.1. The highest BCUT2D eigenvalue weighted by Crippen LogP contribution is 2.46. The third-order valence-electron chi connectivity index (χ3n) is 8.40. The Labute approximate surface area is 250 Å². The monoisotopic (exact) mass is 597 g/mol. The highest BCUT2D eigenvalue weighted by molar-refractivity contribution is 7.90. The number of benzene rings is 3. The maximum absolute atomic E-state index is 12.9. The van der Waals surface area contributed by atoms with Gasteiger partial charge in [-0.1, -0.05) is 30.2 Å². The van der Waals surface area contributed by atoms with Crippen LogP contribution in [-0.4, -0.2) is 38.2 Å². The highest BCUT2D eigenvalue weighted by atomic mass is 32.2. The van der Waals surface area contributed by atoms with Crippen LogP contribution >= 0.6 is 0 Å². The second-order valence-electron chi connectivity index (χ2n) is 11.1. The van der Waals surface area contributed by atoms with Crippen molar-refractivity contribution in [1.29, 1.82) is 0 Å². The molecular weight excluding hydrogens is 566 g/mol. The lowest BCUT2D eigenvalue weighted by Crippen LogP contribution is -2.31. The van der Waals surface area contributed by atoms with Crippen molar-refractivity contribution in [1.82, 2.24) is 9.29 Å². The highest BCUT2D eigenvalue weighted by Gasteiger charge is 2.41. The van der Waals surface area contributed by atoms with Gasteiger partial charge < -0.3 is 14.0 Å². The Bertz CT molecular complexity index is 1870. The number of ether oxygens (including phenoxy) is 2. The van der Waals surface area contributed by atoms with Crippen molar-refractivity contribution in [3.05, 3.63) is 89.6 Å². The summed E-state index contributed by atoms with van der Waals surface area (Å²) in [4.78, 5) is 25.4. The number of fused-ring (bicyclic) bond motifs is 3. The van der Waals surface area contributed by atoms with Crippen LogP contribution in [0.4, 0.5) is 10.5 Å². The van der Waals surface area contributed by atoms with E-state index in [1.54, 1.807) is 18.2 Å². The van der Waals surface area contributed by atoms with Crippen LogP contribution in [0.15, 0.2) is 77.8 Å². The van der Waals surface area contributed by atoms with Crippen molar-refractivity contribution < 1.29 is 27.5 Å². The first kappa shape index (κ1) is 28.4. The summed E-state index contributed by atoms with van der Waals surface area (Å²) in [6.45, 7) is 0.404. The van der Waals surface area contributed by atoms with Gasteiger partial charge in [0, 0.05) is 28.6 Å². The van der Waals surface area contributed by atoms with Gasteiger partial charge in [0.05, 0.1) is 19.2 Å². The van der Waals surface area contributed by atoms with Gasteiger partial charge >= 0.3 is 6.09 Å². The molecule has 220 valence electrons. The number of terminal acetylenes is 1. The molecule has 0 saturated heterocycles. The number of nitrogens with zero attached hydrogens (tertiary/aromatic N) is 1. The number of hydrogen-bond acceptors (Lipinski definition) is 6. The van der Waals surface area contributed by atoms with Gasteiger partial charge in [-0.25, -0.2) is 17.9 Å². The van der Waals surface area contributed by atoms with Gasteiger partial charge in [0.25, 0.3) is 15.9 Å². The van der Waals surface area contributed by atoms with Crippen molar-refractivity contribution in [3.8, 4) is 18.1 Å². The van der Waals surface area contributed by atoms with E-state index < -0.39 is 22.0 Å². The third-order valence-corrected chi connectivity index (χ3v) is 9.79. The minimum atomic E-state index is -4.19. The number of carbonyl (C=O) groups is 2. The molecule has 3 atom stereocenters. The summed E-state index contributed by atoms with van der Waals surface area (Å²) in [5.74, 6) is 3.10. The maximum Gasteiger partial charge on any atom is 0.411 e. The fourth-order valence-electron chi connectivity index (χ4n) is 6.27. The Morgan fingerprint density at radius 3 is 2.63 bits per heavy atom. The first-order chi connectivity index (χ1) is 20.7. The normalized spacial score (nSPS) is 19.1. The summed E-state index contributed by atoms with van der Waals surface area (Å²) < 4.78 is 41.1. The Morgan fingerprint density at radius 1 is 1.05 bits per heavy atom. The summed E-state index contributed by atoms with van der Waals surface area (Å²) in [6, 6.07) is 18.4. The molecular formula is C33H31N3O6S. The Hall–Kier alpha value is -4.75. The van der Waals surface area contributed by atoms with Crippen LogP contribution in [0.25, 0.3) is 10.9 Å². The van der Waals surface area contributed by atoms with E-state index >= 15 is 0 Å². The first-order valence-corrected chi connectivity index (χ1v) is 15.6. The van der Waals surface area contributed by atoms with Gasteiger partial charge in [-0.15, -0.1) is 6.42 Å². The Balaban J connectivity index is 1.17. The zero-order valence-corrected chi connectivity index (χ0v) is 24.4. The van der Waals surface area contributed by atoms with Crippen LogP contribution in [0.2, 0.25) is 0 Å². The Kier molecular flexibility index (Phi) is 7.59. The van der Waals surface area contributed by atoms with Gasteiger partial charge in [0.1, 0.15) is 16.7 Å². The van der Waals surface area contributed by atoms with Gasteiger partial charge in [0.15, 0.2) is 0 Å². The minimum absolute atomic E-state index is 0.00253. The van der Waals surface area contributed by atoms with Crippen LogP contribution in [-0.2, 0) is 21.3 Å². The largest absolute Gasteiger partial charge is 0.496 e. The van der Waals surface area contributed by atoms with E-state index in [1.807, 2.05) is 35.0 Å². The van der Waals surface area contributed by atoms with Crippen LogP contribution in [0.3, 0.4) is 0 Å². The van der Waals surface area contributed by atoms with E-state index in [2.05, 4.69) is 16.0 Å². The van der Waals surface area contributed by atoms with Crippen LogP contribution in [0.5, 0.6) is 5.75 Å². The molecule has 0 aliphatic heterocycles. The average Bonchev–Trinajstić information content (AvgIpc) is 3.73. The molecule has 10 heteroatoms. The van der Waals surface area contributed by atoms with E-state index in [1.165, 1.54) is 37.8 Å². The molecule has 1 aromatic heterocycles. The molecule has 2 aliphatic rings. The molecule has 2 saturated carbocycles. The van der Waals surface area contributed by atoms with E-state index in [4.69, 9.17) is 15.9 Å². The van der Waals surface area contributed by atoms with Crippen LogP contribution in [0.1, 0.15) is 47.2 Å².